The van der Waals surface area contributed by atoms with Gasteiger partial charge in [0.1, 0.15) is 29.7 Å². The average Bonchev–Trinajstić information content (AvgIpc) is 2.77. The number of fused-ring (bicyclic) bond motifs is 1. The number of hydrogen-bond acceptors (Lipinski definition) is 7. The summed E-state index contributed by atoms with van der Waals surface area (Å²) in [6.07, 6.45) is 0.874. The predicted octanol–water partition coefficient (Wildman–Crippen LogP) is 2.42. The summed E-state index contributed by atoms with van der Waals surface area (Å²) in [5, 5.41) is 6.69. The second-order valence-corrected chi connectivity index (χ2v) is 7.33. The van der Waals surface area contributed by atoms with Crippen molar-refractivity contribution >= 4 is 23.5 Å². The molecule has 0 bridgehead atoms. The van der Waals surface area contributed by atoms with Crippen molar-refractivity contribution in [3.05, 3.63) is 47.5 Å². The van der Waals surface area contributed by atoms with Crippen molar-refractivity contribution in [2.24, 2.45) is 4.99 Å². The van der Waals surface area contributed by atoms with Crippen molar-refractivity contribution < 1.29 is 14.3 Å². The Balaban J connectivity index is 1.67. The Morgan fingerprint density at radius 1 is 1.17 bits per heavy atom. The zero-order chi connectivity index (χ0) is 20.4. The van der Waals surface area contributed by atoms with Crippen molar-refractivity contribution in [1.29, 1.82) is 0 Å². The molecule has 0 aromatic heterocycles. The summed E-state index contributed by atoms with van der Waals surface area (Å²) in [6.45, 7) is 5.15. The molecule has 0 radical (unpaired) electrons. The smallest absolute Gasteiger partial charge is 0.147 e. The van der Waals surface area contributed by atoms with Crippen molar-refractivity contribution in [2.75, 3.05) is 38.8 Å². The van der Waals surface area contributed by atoms with E-state index in [1.54, 1.807) is 20.3 Å². The van der Waals surface area contributed by atoms with Gasteiger partial charge in [-0.25, -0.2) is 4.99 Å². The van der Waals surface area contributed by atoms with Gasteiger partial charge in [-0.05, 0) is 31.2 Å². The molecule has 0 saturated carbocycles. The molecule has 152 valence electrons. The molecule has 2 unspecified atom stereocenters. The maximum atomic E-state index is 11.8. The monoisotopic (exact) mass is 394 g/mol. The van der Waals surface area contributed by atoms with E-state index in [1.807, 2.05) is 18.2 Å². The lowest BCUT2D eigenvalue weighted by Gasteiger charge is -2.33. The normalized spacial score (nSPS) is 20.9. The number of nitrogens with zero attached hydrogens (tertiary/aromatic N) is 2. The molecule has 2 aliphatic rings. The summed E-state index contributed by atoms with van der Waals surface area (Å²) in [4.78, 5) is 18.9. The number of benzene rings is 2. The molecule has 4 rings (SSSR count). The number of carbonyl (C=O) groups is 1. The number of amidine groups is 1. The molecule has 2 heterocycles. The fourth-order valence-electron chi connectivity index (χ4n) is 3.90. The van der Waals surface area contributed by atoms with E-state index in [1.165, 1.54) is 5.69 Å². The van der Waals surface area contributed by atoms with E-state index in [-0.39, 0.29) is 0 Å². The fourth-order valence-corrected chi connectivity index (χ4v) is 3.90. The van der Waals surface area contributed by atoms with Gasteiger partial charge in [-0.2, -0.15) is 0 Å². The van der Waals surface area contributed by atoms with Gasteiger partial charge in [-0.3, -0.25) is 0 Å². The van der Waals surface area contributed by atoms with Gasteiger partial charge in [0.15, 0.2) is 0 Å². The van der Waals surface area contributed by atoms with Crippen LogP contribution in [0.1, 0.15) is 24.1 Å². The Hall–Kier alpha value is -3.06. The molecule has 0 spiro atoms. The molecule has 7 nitrogen and oxygen atoms in total. The number of rotatable bonds is 5. The van der Waals surface area contributed by atoms with Crippen LogP contribution in [0.25, 0.3) is 0 Å². The molecule has 7 heteroatoms. The lowest BCUT2D eigenvalue weighted by molar-refractivity contribution is -0.109. The SMILES string of the molecule is COc1cc2c(c(OC)c1)C(C=O)NC(c1ccc(N3CCNC(C)C3)cc1)=N2. The van der Waals surface area contributed by atoms with Gasteiger partial charge >= 0.3 is 0 Å². The van der Waals surface area contributed by atoms with Gasteiger partial charge in [-0.1, -0.05) is 0 Å². The van der Waals surface area contributed by atoms with Crippen molar-refractivity contribution in [2.45, 2.75) is 19.0 Å². The molecule has 29 heavy (non-hydrogen) atoms. The van der Waals surface area contributed by atoms with Crippen LogP contribution in [0.15, 0.2) is 41.4 Å². The molecule has 1 saturated heterocycles. The minimum absolute atomic E-state index is 0.475. The van der Waals surface area contributed by atoms with Gasteiger partial charge < -0.3 is 29.8 Å². The summed E-state index contributed by atoms with van der Waals surface area (Å²) in [5.74, 6) is 1.87. The summed E-state index contributed by atoms with van der Waals surface area (Å²) in [5.41, 5.74) is 3.51. The highest BCUT2D eigenvalue weighted by molar-refractivity contribution is 6.04. The minimum atomic E-state index is -0.535. The number of methoxy groups -OCH3 is 2. The molecule has 2 aromatic rings. The fraction of sp³-hybridized carbons (Fsp3) is 0.364. The Morgan fingerprint density at radius 3 is 2.62 bits per heavy atom. The molecule has 2 atom stereocenters. The van der Waals surface area contributed by atoms with Gasteiger partial charge in [-0.15, -0.1) is 0 Å². The number of piperazine rings is 1. The highest BCUT2D eigenvalue weighted by Crippen LogP contribution is 2.40. The van der Waals surface area contributed by atoms with E-state index in [2.05, 4.69) is 34.6 Å². The lowest BCUT2D eigenvalue weighted by atomic mass is 10.0. The standard InChI is InChI=1S/C22H26N4O3/c1-14-12-26(9-8-23-14)16-6-4-15(5-7-16)22-24-18-10-17(28-2)11-20(29-3)21(18)19(13-27)25-22/h4-7,10-11,13-14,19,23H,8-9,12H2,1-3H3,(H,24,25). The quantitative estimate of drug-likeness (QED) is 0.759. The molecule has 0 aliphatic carbocycles. The summed E-state index contributed by atoms with van der Waals surface area (Å²) in [6, 6.07) is 11.8. The maximum absolute atomic E-state index is 11.8. The van der Waals surface area contributed by atoms with E-state index in [0.29, 0.717) is 29.1 Å². The Kier molecular flexibility index (Phi) is 5.40. The van der Waals surface area contributed by atoms with Crippen LogP contribution in [-0.2, 0) is 4.79 Å². The number of aldehydes is 1. The summed E-state index contributed by atoms with van der Waals surface area (Å²) >= 11 is 0. The van der Waals surface area contributed by atoms with Gasteiger partial charge in [0.2, 0.25) is 0 Å². The number of nitrogens with one attached hydrogen (secondary N) is 2. The van der Waals surface area contributed by atoms with Crippen molar-refractivity contribution in [1.82, 2.24) is 10.6 Å². The molecule has 2 aliphatic heterocycles. The maximum Gasteiger partial charge on any atom is 0.147 e. The second-order valence-electron chi connectivity index (χ2n) is 7.33. The van der Waals surface area contributed by atoms with Gasteiger partial charge in [0.05, 0.1) is 19.9 Å². The molecule has 0 amide bonds. The summed E-state index contributed by atoms with van der Waals surface area (Å²) in [7, 11) is 3.17. The van der Waals surface area contributed by atoms with Crippen LogP contribution in [0, 0.1) is 0 Å². The van der Waals surface area contributed by atoms with Crippen LogP contribution in [0.5, 0.6) is 11.5 Å². The zero-order valence-corrected chi connectivity index (χ0v) is 16.9. The van der Waals surface area contributed by atoms with E-state index in [0.717, 1.165) is 37.0 Å². The number of carbonyl (C=O) groups excluding carboxylic acids is 1. The van der Waals surface area contributed by atoms with Crippen LogP contribution in [-0.4, -0.2) is 52.0 Å². The minimum Gasteiger partial charge on any atom is -0.497 e. The number of ether oxygens (including phenoxy) is 2. The Morgan fingerprint density at radius 2 is 1.97 bits per heavy atom. The first kappa shape index (κ1) is 19.3. The predicted molar refractivity (Wildman–Crippen MR) is 114 cm³/mol. The topological polar surface area (TPSA) is 75.2 Å². The highest BCUT2D eigenvalue weighted by Gasteiger charge is 2.27. The van der Waals surface area contributed by atoms with E-state index in [4.69, 9.17) is 14.5 Å². The van der Waals surface area contributed by atoms with E-state index >= 15 is 0 Å². The van der Waals surface area contributed by atoms with Gasteiger partial charge in [0, 0.05) is 54.6 Å². The third kappa shape index (κ3) is 3.78. The molecule has 2 aromatic carbocycles. The lowest BCUT2D eigenvalue weighted by Crippen LogP contribution is -2.49. The zero-order valence-electron chi connectivity index (χ0n) is 16.9. The van der Waals surface area contributed by atoms with Crippen LogP contribution in [0.2, 0.25) is 0 Å². The first-order valence-electron chi connectivity index (χ1n) is 9.78. The molecule has 1 fully saturated rings. The average molecular weight is 394 g/mol. The summed E-state index contributed by atoms with van der Waals surface area (Å²) < 4.78 is 10.8. The first-order valence-corrected chi connectivity index (χ1v) is 9.78. The van der Waals surface area contributed by atoms with Crippen molar-refractivity contribution in [3.8, 4) is 11.5 Å². The Labute approximate surface area is 170 Å². The second kappa shape index (κ2) is 8.13. The molecular formula is C22H26N4O3. The van der Waals surface area contributed by atoms with E-state index < -0.39 is 6.04 Å². The van der Waals surface area contributed by atoms with Crippen LogP contribution in [0.4, 0.5) is 11.4 Å². The van der Waals surface area contributed by atoms with Crippen LogP contribution < -0.4 is 25.0 Å². The van der Waals surface area contributed by atoms with Crippen LogP contribution in [0.3, 0.4) is 0 Å². The third-order valence-corrected chi connectivity index (χ3v) is 5.40. The van der Waals surface area contributed by atoms with Gasteiger partial charge in [0.25, 0.3) is 0 Å². The first-order chi connectivity index (χ1) is 14.1. The van der Waals surface area contributed by atoms with E-state index in [9.17, 15) is 4.79 Å². The molecular weight excluding hydrogens is 368 g/mol. The largest absolute Gasteiger partial charge is 0.497 e. The van der Waals surface area contributed by atoms with Crippen molar-refractivity contribution in [3.63, 3.8) is 0 Å². The Bertz CT molecular complexity index is 926. The highest BCUT2D eigenvalue weighted by atomic mass is 16.5. The number of anilines is 1. The number of hydrogen-bond donors (Lipinski definition) is 2. The number of aliphatic imine (C=N–C) groups is 1. The molecule has 2 N–H and O–H groups in total. The van der Waals surface area contributed by atoms with Crippen LogP contribution >= 0.6 is 0 Å². The third-order valence-electron chi connectivity index (χ3n) is 5.40.